The van der Waals surface area contributed by atoms with Gasteiger partial charge < -0.3 is 10.1 Å². The van der Waals surface area contributed by atoms with Gasteiger partial charge in [-0.1, -0.05) is 55.9 Å². The molecule has 0 aliphatic carbocycles. The van der Waals surface area contributed by atoms with Crippen LogP contribution in [0.1, 0.15) is 84.0 Å². The van der Waals surface area contributed by atoms with Gasteiger partial charge in [0.25, 0.3) is 0 Å². The van der Waals surface area contributed by atoms with Crippen LogP contribution < -0.4 is 16.0 Å². The SMILES string of the molecule is C=C(C)COOCCOC(=O)NCCCCCCN(OCNCCCCCCN=C=O)OCNCCCCCCN=C=O. The minimum atomic E-state index is -0.476. The molecule has 0 rings (SSSR count). The summed E-state index contributed by atoms with van der Waals surface area (Å²) in [5, 5.41) is 10.8. The molecule has 1 amide bonds. The molecule has 0 saturated carbocycles. The van der Waals surface area contributed by atoms with Crippen molar-refractivity contribution in [2.24, 2.45) is 9.98 Å². The molecule has 3 N–H and O–H groups in total. The summed E-state index contributed by atoms with van der Waals surface area (Å²) >= 11 is 0. The maximum Gasteiger partial charge on any atom is 0.407 e. The number of carbonyl (C=O) groups is 1. The summed E-state index contributed by atoms with van der Waals surface area (Å²) in [6, 6.07) is 0. The Morgan fingerprint density at radius 2 is 1.26 bits per heavy atom. The highest BCUT2D eigenvalue weighted by atomic mass is 17.2. The number of carbonyl (C=O) groups excluding carboxylic acids is 3. The zero-order chi connectivity index (χ0) is 31.5. The van der Waals surface area contributed by atoms with Crippen LogP contribution in [0.2, 0.25) is 0 Å². The second kappa shape index (κ2) is 34.0. The number of nitrogens with zero attached hydrogens (tertiary/aromatic N) is 3. The van der Waals surface area contributed by atoms with Gasteiger partial charge in [-0.15, -0.1) is 0 Å². The Morgan fingerprint density at radius 1 is 0.721 bits per heavy atom. The lowest BCUT2D eigenvalue weighted by atomic mass is 10.2. The van der Waals surface area contributed by atoms with E-state index in [1.54, 1.807) is 12.2 Å². The Kier molecular flexibility index (Phi) is 32.0. The summed E-state index contributed by atoms with van der Waals surface area (Å²) in [6.07, 6.45) is 14.2. The number of alkyl carbamates (subject to hydrolysis) is 1. The highest BCUT2D eigenvalue weighted by Gasteiger charge is 2.07. The Labute approximate surface area is 256 Å². The van der Waals surface area contributed by atoms with E-state index in [1.165, 1.54) is 5.23 Å². The second-order valence-corrected chi connectivity index (χ2v) is 9.90. The zero-order valence-corrected chi connectivity index (χ0v) is 26.1. The summed E-state index contributed by atoms with van der Waals surface area (Å²) in [5.41, 5.74) is 0.845. The molecule has 0 unspecified atom stereocenters. The number of aliphatic imine (C=N–C) groups is 2. The molecule has 0 bridgehead atoms. The molecule has 0 fully saturated rings. The average molecular weight is 615 g/mol. The normalized spacial score (nSPS) is 10.7. The van der Waals surface area contributed by atoms with Crippen LogP contribution in [0.25, 0.3) is 0 Å². The molecule has 0 spiro atoms. The maximum absolute atomic E-state index is 11.7. The molecule has 0 radical (unpaired) electrons. The first-order valence-corrected chi connectivity index (χ1v) is 15.4. The van der Waals surface area contributed by atoms with E-state index in [2.05, 4.69) is 32.5 Å². The molecule has 0 aliphatic rings. The van der Waals surface area contributed by atoms with Crippen LogP contribution in [0.3, 0.4) is 0 Å². The van der Waals surface area contributed by atoms with E-state index in [0.29, 0.717) is 46.2 Å². The number of amides is 1. The molecule has 14 heteroatoms. The van der Waals surface area contributed by atoms with E-state index in [1.807, 2.05) is 6.92 Å². The van der Waals surface area contributed by atoms with Gasteiger partial charge in [0.2, 0.25) is 12.2 Å². The van der Waals surface area contributed by atoms with Crippen molar-refractivity contribution in [3.63, 3.8) is 0 Å². The van der Waals surface area contributed by atoms with E-state index in [9.17, 15) is 14.4 Å². The number of ether oxygens (including phenoxy) is 1. The van der Waals surface area contributed by atoms with Gasteiger partial charge in [-0.05, 0) is 58.5 Å². The van der Waals surface area contributed by atoms with E-state index in [0.717, 1.165) is 95.7 Å². The van der Waals surface area contributed by atoms with Crippen molar-refractivity contribution in [2.45, 2.75) is 84.0 Å². The van der Waals surface area contributed by atoms with Gasteiger partial charge in [-0.3, -0.25) is 20.3 Å². The summed E-state index contributed by atoms with van der Waals surface area (Å²) in [4.78, 5) is 60.3. The molecular formula is C29H54N6O8. The fourth-order valence-electron chi connectivity index (χ4n) is 3.56. The van der Waals surface area contributed by atoms with Gasteiger partial charge in [0.15, 0.2) is 0 Å². The Bertz CT molecular complexity index is 727. The van der Waals surface area contributed by atoms with Crippen LogP contribution >= 0.6 is 0 Å². The first-order valence-electron chi connectivity index (χ1n) is 15.4. The average Bonchev–Trinajstić information content (AvgIpc) is 2.99. The van der Waals surface area contributed by atoms with Gasteiger partial charge in [0.05, 0.1) is 19.6 Å². The molecule has 0 heterocycles. The molecule has 0 aliphatic heterocycles. The van der Waals surface area contributed by atoms with E-state index in [4.69, 9.17) is 24.2 Å². The molecule has 0 aromatic heterocycles. The van der Waals surface area contributed by atoms with Crippen LogP contribution in [0.4, 0.5) is 4.79 Å². The zero-order valence-electron chi connectivity index (χ0n) is 26.1. The molecular weight excluding hydrogens is 560 g/mol. The lowest BCUT2D eigenvalue weighted by Crippen LogP contribution is -2.34. The molecule has 0 aromatic carbocycles. The summed E-state index contributed by atoms with van der Waals surface area (Å²) in [5.74, 6) is 0. The smallest absolute Gasteiger partial charge is 0.407 e. The van der Waals surface area contributed by atoms with Crippen LogP contribution in [-0.4, -0.2) is 96.0 Å². The topological polar surface area (TPSA) is 161 Å². The number of hydroxylamine groups is 2. The van der Waals surface area contributed by atoms with E-state index < -0.39 is 6.09 Å². The minimum absolute atomic E-state index is 0.109. The third kappa shape index (κ3) is 33.9. The third-order valence-electron chi connectivity index (χ3n) is 5.82. The molecule has 43 heavy (non-hydrogen) atoms. The van der Waals surface area contributed by atoms with Crippen LogP contribution in [0.5, 0.6) is 0 Å². The van der Waals surface area contributed by atoms with Crippen molar-refractivity contribution in [2.75, 3.05) is 72.6 Å². The number of hydrogen-bond acceptors (Lipinski definition) is 13. The highest BCUT2D eigenvalue weighted by molar-refractivity contribution is 5.66. The lowest BCUT2D eigenvalue weighted by molar-refractivity contribution is -0.373. The third-order valence-corrected chi connectivity index (χ3v) is 5.82. The van der Waals surface area contributed by atoms with Gasteiger partial charge in [-0.25, -0.2) is 34.1 Å². The summed E-state index contributed by atoms with van der Waals surface area (Å²) < 4.78 is 5.02. The van der Waals surface area contributed by atoms with Crippen molar-refractivity contribution < 1.29 is 38.6 Å². The summed E-state index contributed by atoms with van der Waals surface area (Å²) in [6.45, 7) is 10.7. The second-order valence-electron chi connectivity index (χ2n) is 9.90. The molecule has 248 valence electrons. The molecule has 0 saturated heterocycles. The maximum atomic E-state index is 11.7. The Morgan fingerprint density at radius 3 is 1.81 bits per heavy atom. The molecule has 0 aromatic rings. The van der Waals surface area contributed by atoms with Gasteiger partial charge in [0, 0.05) is 6.54 Å². The monoisotopic (exact) mass is 614 g/mol. The van der Waals surface area contributed by atoms with E-state index >= 15 is 0 Å². The Hall–Kier alpha value is -2.51. The number of rotatable bonds is 33. The van der Waals surface area contributed by atoms with Crippen LogP contribution in [0.15, 0.2) is 22.1 Å². The number of nitrogens with one attached hydrogen (secondary N) is 3. The van der Waals surface area contributed by atoms with Gasteiger partial charge >= 0.3 is 6.09 Å². The molecule has 0 atom stereocenters. The predicted molar refractivity (Wildman–Crippen MR) is 162 cm³/mol. The lowest BCUT2D eigenvalue weighted by Gasteiger charge is -2.21. The summed E-state index contributed by atoms with van der Waals surface area (Å²) in [7, 11) is 0. The highest BCUT2D eigenvalue weighted by Crippen LogP contribution is 2.04. The molecule has 14 nitrogen and oxygen atoms in total. The standard InChI is InChI=1S/C29H54N6O8/c1-28(2)23-43-42-22-21-39-29(38)34-19-13-7-8-14-20-35(40-26-32-17-11-5-3-9-15-30-24-36)41-27-33-18-12-6-4-10-16-31-25-37/h32-33H,1,3-23,26-27H2,2H3,(H,34,38). The first-order chi connectivity index (χ1) is 21.1. The number of isocyanates is 2. The number of hydrogen-bond donors (Lipinski definition) is 3. The largest absolute Gasteiger partial charge is 0.447 e. The fraction of sp³-hybridized carbons (Fsp3) is 0.828. The van der Waals surface area contributed by atoms with Gasteiger partial charge in [-0.2, -0.15) is 0 Å². The van der Waals surface area contributed by atoms with Crippen molar-refractivity contribution in [1.29, 1.82) is 0 Å². The Balaban J connectivity index is 4.00. The van der Waals surface area contributed by atoms with Crippen molar-refractivity contribution in [3.8, 4) is 0 Å². The van der Waals surface area contributed by atoms with E-state index in [-0.39, 0.29) is 13.2 Å². The number of unbranched alkanes of at least 4 members (excludes halogenated alkanes) is 9. The van der Waals surface area contributed by atoms with Crippen molar-refractivity contribution in [1.82, 2.24) is 21.2 Å². The minimum Gasteiger partial charge on any atom is -0.447 e. The van der Waals surface area contributed by atoms with Crippen LogP contribution in [0, 0.1) is 0 Å². The van der Waals surface area contributed by atoms with Crippen LogP contribution in [-0.2, 0) is 33.8 Å². The van der Waals surface area contributed by atoms with Crippen molar-refractivity contribution in [3.05, 3.63) is 12.2 Å². The fourth-order valence-corrected chi connectivity index (χ4v) is 3.56. The predicted octanol–water partition coefficient (Wildman–Crippen LogP) is 3.85. The first kappa shape index (κ1) is 40.5. The van der Waals surface area contributed by atoms with Crippen molar-refractivity contribution >= 4 is 18.3 Å². The quantitative estimate of drug-likeness (QED) is 0.0187. The van der Waals surface area contributed by atoms with Gasteiger partial charge in [0.1, 0.15) is 33.3 Å².